The normalized spacial score (nSPS) is 20.4. The lowest BCUT2D eigenvalue weighted by Crippen LogP contribution is -2.34. The molecular weight excluding hydrogens is 304 g/mol. The third-order valence-electron chi connectivity index (χ3n) is 4.66. The fraction of sp³-hybridized carbons (Fsp3) is 0.579. The number of likely N-dealkylation sites (tertiary alicyclic amines) is 1. The first kappa shape index (κ1) is 17.0. The molecule has 1 N–H and O–H groups in total. The molecule has 2 fully saturated rings. The summed E-state index contributed by atoms with van der Waals surface area (Å²) in [7, 11) is 0. The van der Waals surface area contributed by atoms with E-state index < -0.39 is 0 Å². The van der Waals surface area contributed by atoms with Crippen molar-refractivity contribution in [2.45, 2.75) is 38.1 Å². The van der Waals surface area contributed by atoms with E-state index >= 15 is 0 Å². The topological polar surface area (TPSA) is 58.6 Å². The molecule has 130 valence electrons. The van der Waals surface area contributed by atoms with Crippen LogP contribution in [-0.4, -0.2) is 49.1 Å². The van der Waals surface area contributed by atoms with Gasteiger partial charge in [0.15, 0.2) is 0 Å². The Bertz CT molecular complexity index is 557. The smallest absolute Gasteiger partial charge is 0.225 e. The molecular formula is C19H26N2O3. The van der Waals surface area contributed by atoms with E-state index in [-0.39, 0.29) is 17.7 Å². The van der Waals surface area contributed by atoms with Gasteiger partial charge < -0.3 is 15.0 Å². The number of rotatable bonds is 9. The third-order valence-corrected chi connectivity index (χ3v) is 4.66. The van der Waals surface area contributed by atoms with E-state index in [1.165, 1.54) is 5.56 Å². The molecule has 1 aliphatic carbocycles. The number of nitrogens with one attached hydrogen (secondary N) is 1. The molecule has 0 bridgehead atoms. The van der Waals surface area contributed by atoms with Crippen LogP contribution in [0.4, 0.5) is 0 Å². The Morgan fingerprint density at radius 2 is 2.00 bits per heavy atom. The second-order valence-corrected chi connectivity index (χ2v) is 6.67. The number of ether oxygens (including phenoxy) is 1. The third kappa shape index (κ3) is 4.81. The lowest BCUT2D eigenvalue weighted by atomic mass is 10.1. The average molecular weight is 330 g/mol. The number of hydrogen-bond donors (Lipinski definition) is 1. The summed E-state index contributed by atoms with van der Waals surface area (Å²) in [6.45, 7) is 2.55. The molecule has 1 aromatic carbocycles. The van der Waals surface area contributed by atoms with Gasteiger partial charge in [0.1, 0.15) is 0 Å². The highest BCUT2D eigenvalue weighted by Crippen LogP contribution is 2.32. The zero-order valence-corrected chi connectivity index (χ0v) is 14.1. The van der Waals surface area contributed by atoms with Crippen LogP contribution in [0.1, 0.15) is 31.2 Å². The number of carbonyl (C=O) groups excluding carboxylic acids is 2. The molecule has 0 unspecified atom stereocenters. The second-order valence-electron chi connectivity index (χ2n) is 6.67. The lowest BCUT2D eigenvalue weighted by molar-refractivity contribution is -0.129. The van der Waals surface area contributed by atoms with Gasteiger partial charge in [0.25, 0.3) is 0 Å². The van der Waals surface area contributed by atoms with Gasteiger partial charge in [-0.05, 0) is 31.2 Å². The van der Waals surface area contributed by atoms with Crippen molar-refractivity contribution in [1.29, 1.82) is 0 Å². The largest absolute Gasteiger partial charge is 0.381 e. The monoisotopic (exact) mass is 330 g/mol. The van der Waals surface area contributed by atoms with Gasteiger partial charge in [-0.2, -0.15) is 0 Å². The first-order chi connectivity index (χ1) is 11.7. The molecule has 1 aromatic rings. The zero-order valence-electron chi connectivity index (χ0n) is 14.1. The summed E-state index contributed by atoms with van der Waals surface area (Å²) in [5.74, 6) is -0.0187. The summed E-state index contributed by atoms with van der Waals surface area (Å²) in [6, 6.07) is 10.7. The van der Waals surface area contributed by atoms with Crippen LogP contribution < -0.4 is 5.32 Å². The van der Waals surface area contributed by atoms with E-state index in [0.29, 0.717) is 38.8 Å². The molecule has 0 radical (unpaired) electrons. The van der Waals surface area contributed by atoms with Gasteiger partial charge in [-0.15, -0.1) is 0 Å². The molecule has 5 nitrogen and oxygen atoms in total. The first-order valence-electron chi connectivity index (χ1n) is 8.93. The van der Waals surface area contributed by atoms with Crippen molar-refractivity contribution in [1.82, 2.24) is 10.2 Å². The van der Waals surface area contributed by atoms with Crippen LogP contribution >= 0.6 is 0 Å². The van der Waals surface area contributed by atoms with Gasteiger partial charge in [0.05, 0.1) is 12.5 Å². The van der Waals surface area contributed by atoms with Gasteiger partial charge in [-0.25, -0.2) is 0 Å². The molecule has 1 atom stereocenters. The number of hydrogen-bond acceptors (Lipinski definition) is 3. The van der Waals surface area contributed by atoms with Gasteiger partial charge in [-0.3, -0.25) is 9.59 Å². The van der Waals surface area contributed by atoms with E-state index in [0.717, 1.165) is 25.7 Å². The molecule has 5 heteroatoms. The van der Waals surface area contributed by atoms with Crippen LogP contribution in [0, 0.1) is 5.92 Å². The molecule has 1 heterocycles. The van der Waals surface area contributed by atoms with Crippen LogP contribution in [0.15, 0.2) is 30.3 Å². The number of amides is 2. The Labute approximate surface area is 143 Å². The summed E-state index contributed by atoms with van der Waals surface area (Å²) < 4.78 is 5.61. The summed E-state index contributed by atoms with van der Waals surface area (Å²) in [6.07, 6.45) is 4.28. The summed E-state index contributed by atoms with van der Waals surface area (Å²) in [5, 5.41) is 2.94. The van der Waals surface area contributed by atoms with E-state index in [9.17, 15) is 9.59 Å². The minimum atomic E-state index is -0.169. The van der Waals surface area contributed by atoms with Crippen molar-refractivity contribution in [3.05, 3.63) is 35.9 Å². The summed E-state index contributed by atoms with van der Waals surface area (Å²) >= 11 is 0. The molecule has 24 heavy (non-hydrogen) atoms. The van der Waals surface area contributed by atoms with E-state index in [1.54, 1.807) is 0 Å². The Morgan fingerprint density at radius 1 is 1.21 bits per heavy atom. The Balaban J connectivity index is 1.23. The molecule has 1 aliphatic heterocycles. The van der Waals surface area contributed by atoms with Crippen molar-refractivity contribution < 1.29 is 14.3 Å². The van der Waals surface area contributed by atoms with Crippen molar-refractivity contribution in [3.63, 3.8) is 0 Å². The maximum atomic E-state index is 12.1. The highest BCUT2D eigenvalue weighted by Gasteiger charge is 2.41. The van der Waals surface area contributed by atoms with Crippen LogP contribution in [-0.2, 0) is 20.7 Å². The lowest BCUT2D eigenvalue weighted by Gasteiger charge is -2.15. The Kier molecular flexibility index (Phi) is 5.86. The number of carbonyl (C=O) groups is 2. The molecule has 2 aliphatic rings. The molecule has 3 rings (SSSR count). The SMILES string of the molecule is O=C(NCCCOCCc1ccccc1)[C@@H]1CC(=O)N(C2CC2)C1. The molecule has 1 saturated heterocycles. The Hall–Kier alpha value is -1.88. The molecule has 1 saturated carbocycles. The van der Waals surface area contributed by atoms with Crippen LogP contribution in [0.25, 0.3) is 0 Å². The predicted molar refractivity (Wildman–Crippen MR) is 91.4 cm³/mol. The quantitative estimate of drug-likeness (QED) is 0.702. The van der Waals surface area contributed by atoms with Gasteiger partial charge in [-0.1, -0.05) is 30.3 Å². The van der Waals surface area contributed by atoms with Crippen molar-refractivity contribution in [3.8, 4) is 0 Å². The van der Waals surface area contributed by atoms with Crippen LogP contribution in [0.2, 0.25) is 0 Å². The summed E-state index contributed by atoms with van der Waals surface area (Å²) in [5.41, 5.74) is 1.27. The van der Waals surface area contributed by atoms with Crippen molar-refractivity contribution in [2.24, 2.45) is 5.92 Å². The highest BCUT2D eigenvalue weighted by molar-refractivity contribution is 5.89. The number of benzene rings is 1. The molecule has 2 amide bonds. The maximum Gasteiger partial charge on any atom is 0.225 e. The van der Waals surface area contributed by atoms with E-state index in [1.807, 2.05) is 23.1 Å². The predicted octanol–water partition coefficient (Wildman–Crippen LogP) is 1.76. The number of nitrogens with zero attached hydrogens (tertiary/aromatic N) is 1. The van der Waals surface area contributed by atoms with E-state index in [2.05, 4.69) is 17.4 Å². The fourth-order valence-corrected chi connectivity index (χ4v) is 3.11. The van der Waals surface area contributed by atoms with Gasteiger partial charge in [0, 0.05) is 32.2 Å². The van der Waals surface area contributed by atoms with Crippen molar-refractivity contribution >= 4 is 11.8 Å². The van der Waals surface area contributed by atoms with Gasteiger partial charge >= 0.3 is 0 Å². The second kappa shape index (κ2) is 8.29. The fourth-order valence-electron chi connectivity index (χ4n) is 3.11. The average Bonchev–Trinajstić information content (AvgIpc) is 3.36. The van der Waals surface area contributed by atoms with Crippen LogP contribution in [0.5, 0.6) is 0 Å². The molecule has 0 spiro atoms. The van der Waals surface area contributed by atoms with E-state index in [4.69, 9.17) is 4.74 Å². The standard InChI is InChI=1S/C19H26N2O3/c22-18-13-16(14-21(18)17-7-8-17)19(23)20-10-4-11-24-12-9-15-5-2-1-3-6-15/h1-3,5-6,16-17H,4,7-14H2,(H,20,23)/t16-/m1/s1. The van der Waals surface area contributed by atoms with Gasteiger partial charge in [0.2, 0.25) is 11.8 Å². The van der Waals surface area contributed by atoms with Crippen molar-refractivity contribution in [2.75, 3.05) is 26.3 Å². The minimum Gasteiger partial charge on any atom is -0.381 e. The maximum absolute atomic E-state index is 12.1. The molecule has 0 aromatic heterocycles. The zero-order chi connectivity index (χ0) is 16.8. The summed E-state index contributed by atoms with van der Waals surface area (Å²) in [4.78, 5) is 25.9. The van der Waals surface area contributed by atoms with Crippen LogP contribution in [0.3, 0.4) is 0 Å². The minimum absolute atomic E-state index is 0.00999. The Morgan fingerprint density at radius 3 is 2.75 bits per heavy atom. The highest BCUT2D eigenvalue weighted by atomic mass is 16.5. The first-order valence-corrected chi connectivity index (χ1v) is 8.93.